The smallest absolute Gasteiger partial charge is 0.375 e. The maximum Gasteiger partial charge on any atom is 0.375 e. The number of primary amides is 1. The molecule has 0 saturated heterocycles. The van der Waals surface area contributed by atoms with Crippen molar-refractivity contribution in [3.63, 3.8) is 0 Å². The summed E-state index contributed by atoms with van der Waals surface area (Å²) in [7, 11) is 1.33. The largest absolute Gasteiger partial charge is 0.477 e. The van der Waals surface area contributed by atoms with Crippen LogP contribution in [-0.2, 0) is 47.8 Å². The van der Waals surface area contributed by atoms with Gasteiger partial charge >= 0.3 is 23.9 Å². The molecule has 90 heavy (non-hydrogen) atoms. The third kappa shape index (κ3) is 21.4. The normalized spacial score (nSPS) is 15.3. The van der Waals surface area contributed by atoms with Crippen molar-refractivity contribution in [2.75, 3.05) is 26.9 Å². The van der Waals surface area contributed by atoms with E-state index in [2.05, 4.69) is 30.0 Å². The summed E-state index contributed by atoms with van der Waals surface area (Å²) in [6.45, 7) is 7.55. The molecular weight excluding hydrogens is 1220 g/mol. The van der Waals surface area contributed by atoms with Crippen molar-refractivity contribution >= 4 is 93.4 Å². The zero-order valence-electron chi connectivity index (χ0n) is 50.7. The quantitative estimate of drug-likeness (QED) is 0.0159. The van der Waals surface area contributed by atoms with E-state index in [1.807, 2.05) is 30.3 Å². The number of oxime groups is 1. The molecule has 3 heterocycles. The number of nitrogens with two attached hydrogens (primary N) is 1. The second-order valence-corrected chi connectivity index (χ2v) is 23.4. The van der Waals surface area contributed by atoms with Gasteiger partial charge in [0.2, 0.25) is 5.78 Å². The molecule has 3 N–H and O–H groups in total. The lowest BCUT2D eigenvalue weighted by molar-refractivity contribution is -0.154. The van der Waals surface area contributed by atoms with Gasteiger partial charge in [-0.3, -0.25) is 24.0 Å². The van der Waals surface area contributed by atoms with E-state index < -0.39 is 29.6 Å². The first kappa shape index (κ1) is 69.1. The number of carbonyl (C=O) groups excluding carboxylic acids is 8. The van der Waals surface area contributed by atoms with Crippen molar-refractivity contribution in [2.24, 2.45) is 28.6 Å². The summed E-state index contributed by atoms with van der Waals surface area (Å²) >= 11 is 17.9. The monoisotopic (exact) mass is 1290 g/mol. The molecule has 1 amide bonds. The predicted molar refractivity (Wildman–Crippen MR) is 334 cm³/mol. The minimum absolute atomic E-state index is 0.0112. The van der Waals surface area contributed by atoms with Crippen molar-refractivity contribution in [1.29, 1.82) is 0 Å². The van der Waals surface area contributed by atoms with Crippen LogP contribution in [0.25, 0.3) is 17.1 Å². The van der Waals surface area contributed by atoms with Crippen molar-refractivity contribution in [2.45, 2.75) is 135 Å². The standard InChI is InChI=1S/C15H15ClN2O2.C13H12ClN3O.C13H11ClN2O2.C10H15NO4.C9H12O4.C5H8O/c1-2-20-15(19)14-9-13(10-6-7-10)17-18(14)12-5-3-4-11(16)8-12;14-9-2-1-3-10(6-9)17-12(13(15)18)7-11(16-17)8-4-5-8;14-9-2-1-3-10(6-9)16-12(13(17)18)7-11(15-16)8-4-5-8;1-3-15-10(13)8(11-14-2)6-9(12)7-4-5-7;1-2-13-9(12)8(11)5-7(10)6-3-4-6;1-4(6)5-2-3-5/h3-5,8-10H,2,6-7H2,1H3;1-3,6-8H,4-5H2,(H2,15,18);1-3,6-8H,4-5H2,(H,17,18);7H,3-6H2,1-2H3;6H,2-5H2,1H3;5H,2-3H2,1H3/b;;;11-8-;;. The van der Waals surface area contributed by atoms with Crippen LogP contribution >= 0.6 is 34.8 Å². The molecule has 6 fully saturated rings. The fraction of sp³-hybridized carbons (Fsp3) is 0.431. The lowest BCUT2D eigenvalue weighted by Gasteiger charge is -2.07. The zero-order chi connectivity index (χ0) is 65.2. The number of benzene rings is 3. The maximum absolute atomic E-state index is 12.1. The summed E-state index contributed by atoms with van der Waals surface area (Å²) in [5.74, 6) is -1.74. The Balaban J connectivity index is 0.000000157. The Morgan fingerprint density at radius 3 is 1.24 bits per heavy atom. The SMILES string of the molecule is CC(=O)C1CC1.CCOC(=O)/C(CC(=O)C1CC1)=N\OC.CCOC(=O)C(=O)CC(=O)C1CC1.CCOC(=O)c1cc(C2CC2)nn1-c1cccc(Cl)c1.NC(=O)c1cc(C2CC2)nn1-c1cccc(Cl)c1.O=C(O)c1cc(C2CC2)nn1-c1cccc(Cl)c1. The average molecular weight is 1300 g/mol. The van der Waals surface area contributed by atoms with E-state index in [0.29, 0.717) is 68.2 Å². The first-order chi connectivity index (χ1) is 43.1. The number of hydrogen-bond donors (Lipinski definition) is 2. The number of hydrogen-bond acceptors (Lipinski definition) is 17. The van der Waals surface area contributed by atoms with E-state index in [1.165, 1.54) is 11.8 Å². The highest BCUT2D eigenvalue weighted by Crippen LogP contribution is 2.42. The Morgan fingerprint density at radius 1 is 0.522 bits per heavy atom. The van der Waals surface area contributed by atoms with Crippen LogP contribution in [0.15, 0.2) is 96.2 Å². The predicted octanol–water partition coefficient (Wildman–Crippen LogP) is 11.6. The third-order valence-electron chi connectivity index (χ3n) is 14.4. The van der Waals surface area contributed by atoms with Gasteiger partial charge in [-0.15, -0.1) is 0 Å². The molecule has 0 spiro atoms. The topological polar surface area (TPSA) is 303 Å². The number of ether oxygens (including phenoxy) is 3. The molecule has 22 nitrogen and oxygen atoms in total. The van der Waals surface area contributed by atoms with Gasteiger partial charge in [-0.25, -0.2) is 33.2 Å². The van der Waals surface area contributed by atoms with Crippen LogP contribution in [0.2, 0.25) is 15.1 Å². The Bertz CT molecular complexity index is 3500. The van der Waals surface area contributed by atoms with Crippen LogP contribution in [0, 0.1) is 17.8 Å². The zero-order valence-corrected chi connectivity index (χ0v) is 53.0. The number of ketones is 4. The first-order valence-corrected chi connectivity index (χ1v) is 31.1. The molecule has 0 radical (unpaired) electrons. The Labute approximate surface area is 535 Å². The van der Waals surface area contributed by atoms with Crippen LogP contribution in [0.1, 0.15) is 184 Å². The van der Waals surface area contributed by atoms with Gasteiger partial charge in [0.1, 0.15) is 30.2 Å². The molecule has 6 saturated carbocycles. The molecule has 12 rings (SSSR count). The molecule has 6 aromatic rings. The van der Waals surface area contributed by atoms with E-state index in [4.69, 9.17) is 50.0 Å². The number of carboxylic acids is 1. The third-order valence-corrected chi connectivity index (χ3v) is 15.1. The van der Waals surface area contributed by atoms with E-state index in [1.54, 1.807) is 97.7 Å². The molecule has 25 heteroatoms. The van der Waals surface area contributed by atoms with Crippen LogP contribution < -0.4 is 5.73 Å². The molecular formula is C65H73Cl3N8O14. The van der Waals surface area contributed by atoms with Crippen molar-refractivity contribution in [3.05, 3.63) is 140 Å². The Hall–Kier alpha value is -8.34. The molecule has 3 aromatic heterocycles. The number of nitrogens with zero attached hydrogens (tertiary/aromatic N) is 7. The fourth-order valence-corrected chi connectivity index (χ4v) is 9.24. The van der Waals surface area contributed by atoms with E-state index in [9.17, 15) is 48.3 Å². The first-order valence-electron chi connectivity index (χ1n) is 29.9. The van der Waals surface area contributed by atoms with Crippen molar-refractivity contribution in [1.82, 2.24) is 29.3 Å². The number of halogens is 3. The fourth-order valence-electron chi connectivity index (χ4n) is 8.69. The summed E-state index contributed by atoms with van der Waals surface area (Å²) < 4.78 is 19.0. The number of aromatic nitrogens is 6. The minimum Gasteiger partial charge on any atom is -0.477 e. The molecule has 3 aromatic carbocycles. The number of rotatable bonds is 22. The number of carbonyl (C=O) groups is 9. The lowest BCUT2D eigenvalue weighted by atomic mass is 10.1. The minimum atomic E-state index is -0.977. The summed E-state index contributed by atoms with van der Waals surface area (Å²) in [6, 6.07) is 26.8. The van der Waals surface area contributed by atoms with Gasteiger partial charge in [0.05, 0.1) is 66.8 Å². The average Bonchev–Trinajstić information content (AvgIpc) is 2.44. The second kappa shape index (κ2) is 32.9. The Kier molecular flexibility index (Phi) is 25.3. The van der Waals surface area contributed by atoms with E-state index in [-0.39, 0.29) is 66.8 Å². The Morgan fingerprint density at radius 2 is 0.900 bits per heavy atom. The summed E-state index contributed by atoms with van der Waals surface area (Å²) in [5, 5.41) is 27.9. The lowest BCUT2D eigenvalue weighted by Crippen LogP contribution is -2.22. The van der Waals surface area contributed by atoms with Gasteiger partial charge < -0.3 is 29.9 Å². The van der Waals surface area contributed by atoms with E-state index in [0.717, 1.165) is 106 Å². The molecule has 0 atom stereocenters. The highest BCUT2D eigenvalue weighted by Gasteiger charge is 2.35. The van der Waals surface area contributed by atoms with Crippen LogP contribution in [0.5, 0.6) is 0 Å². The van der Waals surface area contributed by atoms with Crippen LogP contribution in [0.4, 0.5) is 0 Å². The van der Waals surface area contributed by atoms with Gasteiger partial charge in [0, 0.05) is 50.6 Å². The summed E-state index contributed by atoms with van der Waals surface area (Å²) in [6.07, 6.45) is 12.3. The van der Waals surface area contributed by atoms with Crippen LogP contribution in [0.3, 0.4) is 0 Å². The summed E-state index contributed by atoms with van der Waals surface area (Å²) in [5.41, 5.74) is 11.4. The maximum atomic E-state index is 12.1. The van der Waals surface area contributed by atoms with Gasteiger partial charge in [-0.2, -0.15) is 15.3 Å². The molecule has 6 aliphatic rings. The molecule has 0 aliphatic heterocycles. The number of Topliss-reactive ketones (excluding diaryl/α,β-unsaturated/α-hetero) is 4. The molecule has 478 valence electrons. The highest BCUT2D eigenvalue weighted by molar-refractivity contribution is 6.40. The van der Waals surface area contributed by atoms with Gasteiger partial charge in [0.15, 0.2) is 17.1 Å². The summed E-state index contributed by atoms with van der Waals surface area (Å²) in [4.78, 5) is 105. The number of carboxylic acid groups (broad SMARTS) is 1. The van der Waals surface area contributed by atoms with Crippen LogP contribution in [-0.4, -0.2) is 120 Å². The number of aromatic carboxylic acids is 1. The van der Waals surface area contributed by atoms with Gasteiger partial charge in [-0.1, -0.05) is 58.2 Å². The van der Waals surface area contributed by atoms with E-state index >= 15 is 0 Å². The molecule has 0 unspecified atom stereocenters. The number of amides is 1. The molecule has 0 bridgehead atoms. The van der Waals surface area contributed by atoms with Crippen molar-refractivity contribution < 1.29 is 67.3 Å². The molecule has 6 aliphatic carbocycles. The number of esters is 3. The second-order valence-electron chi connectivity index (χ2n) is 22.1. The van der Waals surface area contributed by atoms with Gasteiger partial charge in [0.25, 0.3) is 5.91 Å². The van der Waals surface area contributed by atoms with Gasteiger partial charge in [-0.05, 0) is 178 Å². The highest BCUT2D eigenvalue weighted by atomic mass is 35.5. The van der Waals surface area contributed by atoms with Crippen molar-refractivity contribution in [3.8, 4) is 17.1 Å².